The molecule has 2 heterocycles. The summed E-state index contributed by atoms with van der Waals surface area (Å²) in [6.45, 7) is 4.36. The summed E-state index contributed by atoms with van der Waals surface area (Å²) in [7, 11) is -5.39. The molecule has 1 aromatic carbocycles. The molecule has 6 nitrogen and oxygen atoms in total. The Bertz CT molecular complexity index is 872. The minimum atomic E-state index is -5.39. The van der Waals surface area contributed by atoms with Gasteiger partial charge in [-0.1, -0.05) is 17.3 Å². The Morgan fingerprint density at radius 1 is 1.15 bits per heavy atom. The first-order chi connectivity index (χ1) is 12.2. The number of rotatable bonds is 4. The fraction of sp³-hybridized carbons (Fsp3) is 0.438. The fourth-order valence-corrected chi connectivity index (χ4v) is 3.92. The van der Waals surface area contributed by atoms with Crippen molar-refractivity contribution in [3.8, 4) is 0 Å². The van der Waals surface area contributed by atoms with Crippen LogP contribution in [0.3, 0.4) is 0 Å². The molecule has 0 saturated carbocycles. The zero-order valence-corrected chi connectivity index (χ0v) is 14.8. The second-order valence-electron chi connectivity index (χ2n) is 6.11. The van der Waals surface area contributed by atoms with Crippen LogP contribution in [0.5, 0.6) is 0 Å². The van der Waals surface area contributed by atoms with E-state index in [0.29, 0.717) is 38.5 Å². The van der Waals surface area contributed by atoms with E-state index in [4.69, 9.17) is 4.52 Å². The van der Waals surface area contributed by atoms with Crippen LogP contribution in [0.4, 0.5) is 18.9 Å². The van der Waals surface area contributed by atoms with Crippen LogP contribution in [0.15, 0.2) is 39.8 Å². The summed E-state index contributed by atoms with van der Waals surface area (Å²) in [6.07, 6.45) is 0. The molecule has 3 rings (SSSR count). The highest BCUT2D eigenvalue weighted by Crippen LogP contribution is 2.36. The standard InChI is InChI=1S/C16H18F3N3O3S/c1-12-10-13(20-25-12)11-21-6-8-22(9-7-21)14-4-2-3-5-15(14)26(23,24)16(17,18)19/h2-5,10H,6-9,11H2,1H3. The number of anilines is 1. The number of aromatic nitrogens is 1. The van der Waals surface area contributed by atoms with E-state index in [0.717, 1.165) is 11.8 Å². The van der Waals surface area contributed by atoms with Gasteiger partial charge in [-0.2, -0.15) is 13.2 Å². The molecule has 0 radical (unpaired) electrons. The number of benzene rings is 1. The van der Waals surface area contributed by atoms with Gasteiger partial charge >= 0.3 is 5.51 Å². The first-order valence-electron chi connectivity index (χ1n) is 7.98. The molecule has 10 heteroatoms. The van der Waals surface area contributed by atoms with E-state index >= 15 is 0 Å². The van der Waals surface area contributed by atoms with Gasteiger partial charge in [0.2, 0.25) is 0 Å². The van der Waals surface area contributed by atoms with E-state index < -0.39 is 20.2 Å². The van der Waals surface area contributed by atoms with E-state index in [2.05, 4.69) is 10.1 Å². The first-order valence-corrected chi connectivity index (χ1v) is 9.46. The summed E-state index contributed by atoms with van der Waals surface area (Å²) < 4.78 is 67.5. The molecule has 1 aliphatic heterocycles. The van der Waals surface area contributed by atoms with Crippen LogP contribution >= 0.6 is 0 Å². The number of alkyl halides is 3. The van der Waals surface area contributed by atoms with Crippen LogP contribution < -0.4 is 4.90 Å². The molecule has 1 aliphatic rings. The van der Waals surface area contributed by atoms with Gasteiger partial charge < -0.3 is 9.42 Å². The van der Waals surface area contributed by atoms with Crippen molar-refractivity contribution >= 4 is 15.5 Å². The minimum Gasteiger partial charge on any atom is -0.368 e. The van der Waals surface area contributed by atoms with E-state index in [9.17, 15) is 21.6 Å². The molecule has 2 aromatic rings. The predicted octanol–water partition coefficient (Wildman–Crippen LogP) is 2.60. The molecule has 0 amide bonds. The maximum Gasteiger partial charge on any atom is 0.501 e. The van der Waals surface area contributed by atoms with Gasteiger partial charge in [-0.05, 0) is 19.1 Å². The second kappa shape index (κ2) is 6.92. The molecule has 1 fully saturated rings. The van der Waals surface area contributed by atoms with E-state index in [1.165, 1.54) is 18.2 Å². The van der Waals surface area contributed by atoms with E-state index in [1.54, 1.807) is 11.8 Å². The SMILES string of the molecule is Cc1cc(CN2CCN(c3ccccc3S(=O)(=O)C(F)(F)F)CC2)no1. The third kappa shape index (κ3) is 3.70. The topological polar surface area (TPSA) is 66.7 Å². The molecule has 1 aromatic heterocycles. The molecule has 1 saturated heterocycles. The molecule has 0 atom stereocenters. The number of hydrogen-bond donors (Lipinski definition) is 0. The van der Waals surface area contributed by atoms with E-state index in [-0.39, 0.29) is 5.69 Å². The van der Waals surface area contributed by atoms with Crippen LogP contribution in [0.1, 0.15) is 11.5 Å². The molecule has 0 bridgehead atoms. The summed E-state index contributed by atoms with van der Waals surface area (Å²) in [5.74, 6) is 0.713. The normalized spacial score (nSPS) is 16.8. The zero-order valence-electron chi connectivity index (χ0n) is 14.0. The van der Waals surface area contributed by atoms with Crippen LogP contribution in [-0.2, 0) is 16.4 Å². The second-order valence-corrected chi connectivity index (χ2v) is 8.02. The van der Waals surface area contributed by atoms with Crippen molar-refractivity contribution in [2.45, 2.75) is 23.9 Å². The summed E-state index contributed by atoms with van der Waals surface area (Å²) in [5.41, 5.74) is -4.45. The van der Waals surface area contributed by atoms with Gasteiger partial charge in [-0.3, -0.25) is 4.90 Å². The fourth-order valence-electron chi connectivity index (χ4n) is 2.94. The maximum absolute atomic E-state index is 12.9. The average molecular weight is 389 g/mol. The number of piperazine rings is 1. The summed E-state index contributed by atoms with van der Waals surface area (Å²) in [5, 5.41) is 3.93. The summed E-state index contributed by atoms with van der Waals surface area (Å²) >= 11 is 0. The van der Waals surface area contributed by atoms with Gasteiger partial charge in [-0.25, -0.2) is 8.42 Å². The lowest BCUT2D eigenvalue weighted by Gasteiger charge is -2.36. The third-order valence-electron chi connectivity index (χ3n) is 4.23. The smallest absolute Gasteiger partial charge is 0.368 e. The monoisotopic (exact) mass is 389 g/mol. The minimum absolute atomic E-state index is 0.0850. The number of aryl methyl sites for hydroxylation is 1. The lowest BCUT2D eigenvalue weighted by atomic mass is 10.2. The summed E-state index contributed by atoms with van der Waals surface area (Å²) in [4.78, 5) is 3.06. The van der Waals surface area contributed by atoms with Crippen molar-refractivity contribution in [1.29, 1.82) is 0 Å². The number of nitrogens with zero attached hydrogens (tertiary/aromatic N) is 3. The van der Waals surface area contributed by atoms with Crippen molar-refractivity contribution < 1.29 is 26.1 Å². The Kier molecular flexibility index (Phi) is 4.98. The number of para-hydroxylation sites is 1. The molecule has 0 N–H and O–H groups in total. The lowest BCUT2D eigenvalue weighted by molar-refractivity contribution is -0.0435. The number of hydrogen-bond acceptors (Lipinski definition) is 6. The Balaban J connectivity index is 1.74. The Morgan fingerprint density at radius 2 is 1.81 bits per heavy atom. The van der Waals surface area contributed by atoms with Gasteiger partial charge in [0.1, 0.15) is 5.76 Å². The first kappa shape index (κ1) is 18.7. The van der Waals surface area contributed by atoms with Crippen molar-refractivity contribution in [3.05, 3.63) is 41.8 Å². The van der Waals surface area contributed by atoms with Gasteiger partial charge in [-0.15, -0.1) is 0 Å². The Labute approximate surface area is 149 Å². The Morgan fingerprint density at radius 3 is 2.38 bits per heavy atom. The number of halogens is 3. The molecule has 0 aliphatic carbocycles. The average Bonchev–Trinajstić information content (AvgIpc) is 2.99. The van der Waals surface area contributed by atoms with Crippen LogP contribution in [0, 0.1) is 6.92 Å². The largest absolute Gasteiger partial charge is 0.501 e. The predicted molar refractivity (Wildman–Crippen MR) is 88.4 cm³/mol. The van der Waals surface area contributed by atoms with Crippen molar-refractivity contribution in [2.24, 2.45) is 0 Å². The van der Waals surface area contributed by atoms with Crippen LogP contribution in [0.25, 0.3) is 0 Å². The van der Waals surface area contributed by atoms with Gasteiger partial charge in [0.15, 0.2) is 0 Å². The molecular formula is C16H18F3N3O3S. The summed E-state index contributed by atoms with van der Waals surface area (Å²) in [6, 6.07) is 7.08. The molecule has 26 heavy (non-hydrogen) atoms. The van der Waals surface area contributed by atoms with Gasteiger partial charge in [0, 0.05) is 38.8 Å². The van der Waals surface area contributed by atoms with Crippen molar-refractivity contribution in [2.75, 3.05) is 31.1 Å². The van der Waals surface area contributed by atoms with Crippen molar-refractivity contribution in [3.63, 3.8) is 0 Å². The molecule has 142 valence electrons. The van der Waals surface area contributed by atoms with E-state index in [1.807, 2.05) is 6.07 Å². The van der Waals surface area contributed by atoms with Crippen LogP contribution in [0.2, 0.25) is 0 Å². The quantitative estimate of drug-likeness (QED) is 0.801. The van der Waals surface area contributed by atoms with Crippen molar-refractivity contribution in [1.82, 2.24) is 10.1 Å². The highest BCUT2D eigenvalue weighted by Gasteiger charge is 2.48. The van der Waals surface area contributed by atoms with Crippen LogP contribution in [-0.4, -0.2) is 50.2 Å². The highest BCUT2D eigenvalue weighted by atomic mass is 32.2. The van der Waals surface area contributed by atoms with Gasteiger partial charge in [0.05, 0.1) is 16.3 Å². The van der Waals surface area contributed by atoms with Gasteiger partial charge in [0.25, 0.3) is 9.84 Å². The molecular weight excluding hydrogens is 371 g/mol. The highest BCUT2D eigenvalue weighted by molar-refractivity contribution is 7.92. The third-order valence-corrected chi connectivity index (χ3v) is 5.77. The zero-order chi connectivity index (χ0) is 18.9. The molecule has 0 spiro atoms. The maximum atomic E-state index is 12.9. The number of sulfone groups is 1. The molecule has 0 unspecified atom stereocenters. The Hall–Kier alpha value is -2.07. The lowest BCUT2D eigenvalue weighted by Crippen LogP contribution is -2.46.